The number of aromatic nitrogens is 3. The third kappa shape index (κ3) is 5.49. The van der Waals surface area contributed by atoms with E-state index in [0.717, 1.165) is 0 Å². The summed E-state index contributed by atoms with van der Waals surface area (Å²) in [6.45, 7) is 2.41. The number of piperazine rings is 1. The number of carbonyl (C=O) groups excluding carboxylic acids is 2. The van der Waals surface area contributed by atoms with Crippen LogP contribution in [-0.4, -0.2) is 65.1 Å². The van der Waals surface area contributed by atoms with Crippen LogP contribution in [0.3, 0.4) is 0 Å². The van der Waals surface area contributed by atoms with Gasteiger partial charge in [-0.15, -0.1) is 0 Å². The number of urea groups is 1. The molecule has 1 aliphatic heterocycles. The van der Waals surface area contributed by atoms with Crippen molar-refractivity contribution in [2.45, 2.75) is 6.61 Å². The van der Waals surface area contributed by atoms with Crippen molar-refractivity contribution in [2.75, 3.05) is 49.2 Å². The van der Waals surface area contributed by atoms with Crippen molar-refractivity contribution in [3.05, 3.63) is 66.1 Å². The van der Waals surface area contributed by atoms with E-state index in [1.807, 2.05) is 6.07 Å². The molecule has 3 heterocycles. The third-order valence-electron chi connectivity index (χ3n) is 5.26. The van der Waals surface area contributed by atoms with E-state index >= 15 is 0 Å². The average Bonchev–Trinajstić information content (AvgIpc) is 2.87. The highest BCUT2D eigenvalue weighted by Gasteiger charge is 2.24. The van der Waals surface area contributed by atoms with Crippen LogP contribution in [0.1, 0.15) is 16.1 Å². The van der Waals surface area contributed by atoms with Gasteiger partial charge in [-0.1, -0.05) is 6.07 Å². The van der Waals surface area contributed by atoms with Crippen LogP contribution in [0.15, 0.2) is 54.9 Å². The number of esters is 1. The van der Waals surface area contributed by atoms with E-state index in [1.165, 1.54) is 7.11 Å². The fraction of sp³-hybridized carbons (Fsp3) is 0.261. The van der Waals surface area contributed by atoms with Crippen molar-refractivity contribution in [3.8, 4) is 5.75 Å². The molecule has 176 valence electrons. The minimum absolute atomic E-state index is 0.193. The molecule has 0 saturated carbocycles. The molecule has 2 aromatic heterocycles. The lowest BCUT2D eigenvalue weighted by molar-refractivity contribution is 0.0600. The summed E-state index contributed by atoms with van der Waals surface area (Å²) in [6, 6.07) is 11.8. The topological polar surface area (TPSA) is 136 Å². The molecule has 34 heavy (non-hydrogen) atoms. The van der Waals surface area contributed by atoms with Gasteiger partial charge in [-0.2, -0.15) is 0 Å². The molecule has 3 N–H and O–H groups in total. The van der Waals surface area contributed by atoms with Crippen molar-refractivity contribution in [1.29, 1.82) is 0 Å². The molecule has 1 fully saturated rings. The summed E-state index contributed by atoms with van der Waals surface area (Å²) in [7, 11) is 1.32. The Bertz CT molecular complexity index is 1170. The summed E-state index contributed by atoms with van der Waals surface area (Å²) < 4.78 is 10.7. The maximum Gasteiger partial charge on any atom is 0.337 e. The first-order valence-corrected chi connectivity index (χ1v) is 10.7. The van der Waals surface area contributed by atoms with Crippen LogP contribution < -0.4 is 20.7 Å². The predicted octanol–water partition coefficient (Wildman–Crippen LogP) is 2.17. The van der Waals surface area contributed by atoms with Gasteiger partial charge in [0.1, 0.15) is 6.61 Å². The lowest BCUT2D eigenvalue weighted by Gasteiger charge is -2.35. The van der Waals surface area contributed by atoms with E-state index in [-0.39, 0.29) is 18.6 Å². The highest BCUT2D eigenvalue weighted by Crippen LogP contribution is 2.27. The van der Waals surface area contributed by atoms with Crippen molar-refractivity contribution in [3.63, 3.8) is 0 Å². The van der Waals surface area contributed by atoms with E-state index in [9.17, 15) is 9.59 Å². The maximum atomic E-state index is 12.7. The number of methoxy groups -OCH3 is 1. The highest BCUT2D eigenvalue weighted by atomic mass is 16.5. The zero-order chi connectivity index (χ0) is 23.9. The van der Waals surface area contributed by atoms with E-state index < -0.39 is 5.97 Å². The smallest absolute Gasteiger partial charge is 0.337 e. The van der Waals surface area contributed by atoms with Gasteiger partial charge in [0.2, 0.25) is 5.95 Å². The number of pyridine rings is 1. The Kier molecular flexibility index (Phi) is 7.01. The molecule has 3 aromatic rings. The van der Waals surface area contributed by atoms with E-state index in [4.69, 9.17) is 15.2 Å². The maximum absolute atomic E-state index is 12.7. The number of nitrogens with one attached hydrogen (secondary N) is 1. The van der Waals surface area contributed by atoms with Gasteiger partial charge in [0, 0.05) is 44.3 Å². The van der Waals surface area contributed by atoms with Gasteiger partial charge in [0.25, 0.3) is 0 Å². The third-order valence-corrected chi connectivity index (χ3v) is 5.26. The van der Waals surface area contributed by atoms with Crippen molar-refractivity contribution < 1.29 is 19.1 Å². The molecule has 0 aliphatic carbocycles. The van der Waals surface area contributed by atoms with E-state index in [1.54, 1.807) is 53.7 Å². The second-order valence-electron chi connectivity index (χ2n) is 7.50. The number of carbonyl (C=O) groups is 2. The Morgan fingerprint density at radius 1 is 1.06 bits per heavy atom. The summed E-state index contributed by atoms with van der Waals surface area (Å²) in [5.41, 5.74) is 7.20. The molecule has 1 saturated heterocycles. The Labute approximate surface area is 196 Å². The highest BCUT2D eigenvalue weighted by molar-refractivity contribution is 5.94. The number of nitrogen functional groups attached to an aromatic ring is 1. The van der Waals surface area contributed by atoms with Gasteiger partial charge in [-0.3, -0.25) is 0 Å². The molecule has 1 aliphatic rings. The molecule has 0 bridgehead atoms. The minimum atomic E-state index is -0.457. The Hall–Kier alpha value is -4.41. The summed E-state index contributed by atoms with van der Waals surface area (Å²) in [6.07, 6.45) is 3.29. The monoisotopic (exact) mass is 463 g/mol. The molecular formula is C23H25N7O4. The normalized spacial score (nSPS) is 13.3. The van der Waals surface area contributed by atoms with Gasteiger partial charge in [0.15, 0.2) is 11.6 Å². The van der Waals surface area contributed by atoms with Gasteiger partial charge in [0.05, 0.1) is 18.4 Å². The summed E-state index contributed by atoms with van der Waals surface area (Å²) in [5.74, 6) is 1.06. The number of nitrogens with two attached hydrogens (primary N) is 1. The number of rotatable bonds is 6. The molecule has 11 heteroatoms. The molecule has 11 nitrogen and oxygen atoms in total. The fourth-order valence-corrected chi connectivity index (χ4v) is 3.54. The summed E-state index contributed by atoms with van der Waals surface area (Å²) >= 11 is 0. The average molecular weight is 463 g/mol. The number of hydrogen-bond acceptors (Lipinski definition) is 9. The molecule has 0 unspecified atom stereocenters. The van der Waals surface area contributed by atoms with Crippen molar-refractivity contribution in [2.24, 2.45) is 0 Å². The number of ether oxygens (including phenoxy) is 2. The zero-order valence-electron chi connectivity index (χ0n) is 18.7. The molecule has 1 aromatic carbocycles. The second kappa shape index (κ2) is 10.5. The summed E-state index contributed by atoms with van der Waals surface area (Å²) in [4.78, 5) is 40.8. The first kappa shape index (κ1) is 22.8. The molecular weight excluding hydrogens is 438 g/mol. The summed E-state index contributed by atoms with van der Waals surface area (Å²) in [5, 5.41) is 2.84. The number of amides is 2. The fourth-order valence-electron chi connectivity index (χ4n) is 3.54. The lowest BCUT2D eigenvalue weighted by Crippen LogP contribution is -2.50. The van der Waals surface area contributed by atoms with Crippen molar-refractivity contribution in [1.82, 2.24) is 19.9 Å². The van der Waals surface area contributed by atoms with Gasteiger partial charge in [-0.05, 0) is 36.4 Å². The van der Waals surface area contributed by atoms with Crippen molar-refractivity contribution >= 4 is 29.5 Å². The quantitative estimate of drug-likeness (QED) is 0.527. The molecule has 0 spiro atoms. The van der Waals surface area contributed by atoms with Crippen LogP contribution in [0.4, 0.5) is 22.2 Å². The van der Waals surface area contributed by atoms with Gasteiger partial charge in [-0.25, -0.2) is 24.5 Å². The van der Waals surface area contributed by atoms with Crippen LogP contribution in [0.2, 0.25) is 0 Å². The number of benzene rings is 1. The van der Waals surface area contributed by atoms with Crippen LogP contribution in [0, 0.1) is 0 Å². The standard InChI is InChI=1S/C23H25N7O4/c1-33-21(31)16-4-2-5-17(14-16)28-23(32)30-12-10-29(11-13-30)20-19(6-3-8-25-20)34-15-18-7-9-26-22(24)27-18/h2-9,14H,10-13,15H2,1H3,(H,28,32)(H2,24,26,27). The number of hydrogen-bond donors (Lipinski definition) is 2. The minimum Gasteiger partial charge on any atom is -0.483 e. The SMILES string of the molecule is COC(=O)c1cccc(NC(=O)N2CCN(c3ncccc3OCc3ccnc(N)n3)CC2)c1. The number of anilines is 3. The number of nitrogens with zero attached hydrogens (tertiary/aromatic N) is 5. The molecule has 2 amide bonds. The molecule has 4 rings (SSSR count). The largest absolute Gasteiger partial charge is 0.483 e. The van der Waals surface area contributed by atoms with Gasteiger partial charge < -0.3 is 30.3 Å². The first-order chi connectivity index (χ1) is 16.5. The Morgan fingerprint density at radius 3 is 2.65 bits per heavy atom. The predicted molar refractivity (Wildman–Crippen MR) is 126 cm³/mol. The lowest BCUT2D eigenvalue weighted by atomic mass is 10.2. The second-order valence-corrected chi connectivity index (χ2v) is 7.50. The van der Waals surface area contributed by atoms with Crippen LogP contribution >= 0.6 is 0 Å². The first-order valence-electron chi connectivity index (χ1n) is 10.7. The molecule has 0 radical (unpaired) electrons. The van der Waals surface area contributed by atoms with Crippen LogP contribution in [-0.2, 0) is 11.3 Å². The van der Waals surface area contributed by atoms with E-state index in [0.29, 0.717) is 54.7 Å². The van der Waals surface area contributed by atoms with Gasteiger partial charge >= 0.3 is 12.0 Å². The Balaban J connectivity index is 1.35. The van der Waals surface area contributed by atoms with E-state index in [2.05, 4.69) is 25.2 Å². The Morgan fingerprint density at radius 2 is 1.88 bits per heavy atom. The molecule has 0 atom stereocenters. The van der Waals surface area contributed by atoms with Crippen LogP contribution in [0.25, 0.3) is 0 Å². The zero-order valence-corrected chi connectivity index (χ0v) is 18.7. The van der Waals surface area contributed by atoms with Crippen LogP contribution in [0.5, 0.6) is 5.75 Å².